The summed E-state index contributed by atoms with van der Waals surface area (Å²) in [5.74, 6) is -0.170. The van der Waals surface area contributed by atoms with Crippen molar-refractivity contribution in [3.8, 4) is 5.75 Å². The molecule has 0 aliphatic carbocycles. The van der Waals surface area contributed by atoms with Gasteiger partial charge in [0.2, 0.25) is 0 Å². The van der Waals surface area contributed by atoms with Gasteiger partial charge < -0.3 is 9.47 Å². The zero-order valence-electron chi connectivity index (χ0n) is 18.9. The van der Waals surface area contributed by atoms with E-state index >= 15 is 0 Å². The first-order chi connectivity index (χ1) is 16.3. The Morgan fingerprint density at radius 2 is 1.91 bits per heavy atom. The van der Waals surface area contributed by atoms with Crippen molar-refractivity contribution in [1.82, 2.24) is 19.6 Å². The van der Waals surface area contributed by atoms with Gasteiger partial charge in [-0.3, -0.25) is 4.98 Å². The van der Waals surface area contributed by atoms with Gasteiger partial charge in [0.1, 0.15) is 11.3 Å². The fraction of sp³-hybridized carbons (Fsp3) is 0.217. The van der Waals surface area contributed by atoms with Crippen LogP contribution in [0, 0.1) is 6.92 Å². The summed E-state index contributed by atoms with van der Waals surface area (Å²) in [4.78, 5) is 21.3. The number of esters is 1. The number of pyridine rings is 1. The molecule has 10 nitrogen and oxygen atoms in total. The molecule has 0 bridgehead atoms. The van der Waals surface area contributed by atoms with Crippen LogP contribution in [0.2, 0.25) is 0 Å². The van der Waals surface area contributed by atoms with Crippen LogP contribution >= 0.6 is 0 Å². The van der Waals surface area contributed by atoms with Crippen LogP contribution in [0.3, 0.4) is 0 Å². The smallest absolute Gasteiger partial charge is 0.343 e. The number of carbonyl (C=O) groups is 1. The Morgan fingerprint density at radius 1 is 1.15 bits per heavy atom. The van der Waals surface area contributed by atoms with Crippen LogP contribution in [0.1, 0.15) is 28.5 Å². The molecule has 176 valence electrons. The number of sulfonamides is 1. The average molecular weight is 482 g/mol. The van der Waals surface area contributed by atoms with Crippen LogP contribution in [0.5, 0.6) is 5.75 Å². The van der Waals surface area contributed by atoms with E-state index in [1.54, 1.807) is 56.6 Å². The summed E-state index contributed by atoms with van der Waals surface area (Å²) in [6.07, 6.45) is 4.47. The van der Waals surface area contributed by atoms with Gasteiger partial charge >= 0.3 is 5.97 Å². The van der Waals surface area contributed by atoms with E-state index in [9.17, 15) is 13.2 Å². The molecular formula is C23H23N5O5S. The van der Waals surface area contributed by atoms with Gasteiger partial charge in [-0.15, -0.1) is 0 Å². The van der Waals surface area contributed by atoms with Gasteiger partial charge in [-0.2, -0.15) is 9.61 Å². The molecule has 0 spiro atoms. The molecule has 4 aromatic rings. The molecule has 1 aromatic carbocycles. The molecule has 0 atom stereocenters. The highest BCUT2D eigenvalue weighted by molar-refractivity contribution is 7.92. The monoisotopic (exact) mass is 481 g/mol. The van der Waals surface area contributed by atoms with E-state index in [0.717, 1.165) is 4.31 Å². The second-order valence-electron chi connectivity index (χ2n) is 7.32. The lowest BCUT2D eigenvalue weighted by molar-refractivity contribution is 0.0526. The molecule has 0 saturated carbocycles. The molecule has 0 radical (unpaired) electrons. The summed E-state index contributed by atoms with van der Waals surface area (Å²) < 4.78 is 40.8. The first-order valence-electron chi connectivity index (χ1n) is 10.4. The lowest BCUT2D eigenvalue weighted by Gasteiger charge is -2.26. The number of benzene rings is 1. The fourth-order valence-corrected chi connectivity index (χ4v) is 4.89. The summed E-state index contributed by atoms with van der Waals surface area (Å²) in [5, 5.41) is 4.42. The van der Waals surface area contributed by atoms with Crippen molar-refractivity contribution < 1.29 is 22.7 Å². The minimum atomic E-state index is -4.18. The zero-order chi connectivity index (χ0) is 24.3. The average Bonchev–Trinajstić information content (AvgIpc) is 3.23. The van der Waals surface area contributed by atoms with Crippen LogP contribution in [0.15, 0.2) is 66.0 Å². The molecule has 11 heteroatoms. The van der Waals surface area contributed by atoms with Gasteiger partial charge in [-0.05, 0) is 49.7 Å². The van der Waals surface area contributed by atoms with E-state index in [1.807, 2.05) is 0 Å². The van der Waals surface area contributed by atoms with Gasteiger partial charge in [0, 0.05) is 24.7 Å². The van der Waals surface area contributed by atoms with Crippen LogP contribution in [-0.2, 0) is 21.3 Å². The van der Waals surface area contributed by atoms with Gasteiger partial charge in [0.15, 0.2) is 11.5 Å². The minimum absolute atomic E-state index is 0.0147. The van der Waals surface area contributed by atoms with E-state index in [2.05, 4.69) is 15.1 Å². The van der Waals surface area contributed by atoms with Crippen molar-refractivity contribution in [2.24, 2.45) is 0 Å². The van der Waals surface area contributed by atoms with Gasteiger partial charge in [-0.25, -0.2) is 22.5 Å². The summed E-state index contributed by atoms with van der Waals surface area (Å²) in [6.45, 7) is 3.43. The number of anilines is 1. The number of ether oxygens (including phenoxy) is 2. The largest absolute Gasteiger partial charge is 0.497 e. The summed E-state index contributed by atoms with van der Waals surface area (Å²) in [7, 11) is -2.68. The second kappa shape index (κ2) is 9.48. The number of aromatic nitrogens is 4. The third kappa shape index (κ3) is 4.42. The first-order valence-corrected chi connectivity index (χ1v) is 11.9. The minimum Gasteiger partial charge on any atom is -0.497 e. The standard InChI is InChI=1S/C23H23N5O5S/c1-4-33-23(29)20-14-25-21-12-16(2)26-28(21)22(20)27(15-17-6-5-11-24-13-17)34(30,31)19-9-7-18(32-3)8-10-19/h5-14H,4,15H2,1-3H3. The van der Waals surface area contributed by atoms with Crippen molar-refractivity contribution in [3.63, 3.8) is 0 Å². The first kappa shape index (κ1) is 23.2. The second-order valence-corrected chi connectivity index (χ2v) is 9.18. The lowest BCUT2D eigenvalue weighted by atomic mass is 10.2. The number of aryl methyl sites for hydroxylation is 1. The molecule has 0 amide bonds. The van der Waals surface area contributed by atoms with Crippen LogP contribution in [-0.4, -0.2) is 47.7 Å². The fourth-order valence-electron chi connectivity index (χ4n) is 3.44. The quantitative estimate of drug-likeness (QED) is 0.353. The van der Waals surface area contributed by atoms with Gasteiger partial charge in [0.25, 0.3) is 10.0 Å². The molecule has 3 aromatic heterocycles. The molecule has 0 saturated heterocycles. The highest BCUT2D eigenvalue weighted by Crippen LogP contribution is 2.31. The number of carbonyl (C=O) groups excluding carboxylic acids is 1. The number of rotatable bonds is 8. The third-order valence-electron chi connectivity index (χ3n) is 5.01. The summed E-state index contributed by atoms with van der Waals surface area (Å²) >= 11 is 0. The van der Waals surface area contributed by atoms with Gasteiger partial charge in [-0.1, -0.05) is 6.07 Å². The lowest BCUT2D eigenvalue weighted by Crippen LogP contribution is -2.34. The molecule has 0 fully saturated rings. The highest BCUT2D eigenvalue weighted by Gasteiger charge is 2.32. The highest BCUT2D eigenvalue weighted by atomic mass is 32.2. The van der Waals surface area contributed by atoms with Crippen molar-refractivity contribution in [2.45, 2.75) is 25.3 Å². The topological polar surface area (TPSA) is 116 Å². The van der Waals surface area contributed by atoms with Crippen LogP contribution < -0.4 is 9.04 Å². The number of nitrogens with zero attached hydrogens (tertiary/aromatic N) is 5. The third-order valence-corrected chi connectivity index (χ3v) is 6.76. The Morgan fingerprint density at radius 3 is 2.56 bits per heavy atom. The van der Waals surface area contributed by atoms with Crippen molar-refractivity contribution in [2.75, 3.05) is 18.0 Å². The maximum Gasteiger partial charge on any atom is 0.343 e. The maximum atomic E-state index is 14.0. The summed E-state index contributed by atoms with van der Waals surface area (Å²) in [6, 6.07) is 11.2. The molecule has 0 unspecified atom stereocenters. The van der Waals surface area contributed by atoms with Crippen LogP contribution in [0.4, 0.5) is 5.82 Å². The molecular weight excluding hydrogens is 458 g/mol. The Balaban J connectivity index is 1.98. The molecule has 0 N–H and O–H groups in total. The Hall–Kier alpha value is -3.99. The molecule has 0 aliphatic rings. The van der Waals surface area contributed by atoms with E-state index in [4.69, 9.17) is 9.47 Å². The van der Waals surface area contributed by atoms with E-state index in [0.29, 0.717) is 22.7 Å². The maximum absolute atomic E-state index is 14.0. The summed E-state index contributed by atoms with van der Waals surface area (Å²) in [5.41, 5.74) is 1.58. The number of hydrogen-bond donors (Lipinski definition) is 0. The van der Waals surface area contributed by atoms with Gasteiger partial charge in [0.05, 0.1) is 30.9 Å². The van der Waals surface area contributed by atoms with Crippen molar-refractivity contribution >= 4 is 27.5 Å². The normalized spacial score (nSPS) is 11.4. The Bertz CT molecular complexity index is 1420. The SMILES string of the molecule is CCOC(=O)c1cnc2cc(C)nn2c1N(Cc1cccnc1)S(=O)(=O)c1ccc(OC)cc1. The number of methoxy groups -OCH3 is 1. The molecule has 3 heterocycles. The molecule has 4 rings (SSSR count). The number of hydrogen-bond acceptors (Lipinski definition) is 8. The zero-order valence-corrected chi connectivity index (χ0v) is 19.7. The molecule has 0 aliphatic heterocycles. The Labute approximate surface area is 196 Å². The predicted octanol–water partition coefficient (Wildman–Crippen LogP) is 3.01. The van der Waals surface area contributed by atoms with Crippen LogP contribution in [0.25, 0.3) is 5.65 Å². The van der Waals surface area contributed by atoms with E-state index in [-0.39, 0.29) is 29.4 Å². The van der Waals surface area contributed by atoms with Crippen molar-refractivity contribution in [1.29, 1.82) is 0 Å². The molecule has 34 heavy (non-hydrogen) atoms. The number of fused-ring (bicyclic) bond motifs is 1. The van der Waals surface area contributed by atoms with Crippen molar-refractivity contribution in [3.05, 3.63) is 77.9 Å². The Kier molecular flexibility index (Phi) is 6.46. The predicted molar refractivity (Wildman–Crippen MR) is 124 cm³/mol. The van der Waals surface area contributed by atoms with E-state index in [1.165, 1.54) is 30.0 Å². The van der Waals surface area contributed by atoms with E-state index < -0.39 is 16.0 Å².